The number of carboxylic acid groups (broad SMARTS) is 1. The van der Waals surface area contributed by atoms with E-state index in [2.05, 4.69) is 10.5 Å². The van der Waals surface area contributed by atoms with Gasteiger partial charge in [0, 0.05) is 12.6 Å². The van der Waals surface area contributed by atoms with Gasteiger partial charge in [0.25, 0.3) is 5.91 Å². The lowest BCUT2D eigenvalue weighted by Gasteiger charge is -2.25. The van der Waals surface area contributed by atoms with Crippen LogP contribution < -0.4 is 5.32 Å². The maximum absolute atomic E-state index is 12.1. The molecule has 1 heterocycles. The van der Waals surface area contributed by atoms with Crippen molar-refractivity contribution in [2.75, 3.05) is 6.54 Å². The summed E-state index contributed by atoms with van der Waals surface area (Å²) in [7, 11) is 0. The van der Waals surface area contributed by atoms with Crippen LogP contribution in [-0.2, 0) is 10.2 Å². The number of amides is 1. The number of aliphatic carboxylic acids is 1. The summed E-state index contributed by atoms with van der Waals surface area (Å²) in [5, 5.41) is 16.0. The zero-order chi connectivity index (χ0) is 17.0. The molecule has 122 valence electrons. The van der Waals surface area contributed by atoms with E-state index in [1.165, 1.54) is 0 Å². The van der Waals surface area contributed by atoms with Crippen molar-refractivity contribution in [3.8, 4) is 0 Å². The van der Waals surface area contributed by atoms with Gasteiger partial charge in [-0.15, -0.1) is 0 Å². The van der Waals surface area contributed by atoms with Gasteiger partial charge in [0.05, 0.1) is 5.69 Å². The molecule has 0 radical (unpaired) electrons. The lowest BCUT2D eigenvalue weighted by Crippen LogP contribution is -2.44. The average molecular weight is 316 g/mol. The van der Waals surface area contributed by atoms with E-state index < -0.39 is 17.3 Å². The standard InChI is InChI=1S/C17H20N2O4/c1-11(2)13-9-14(23-19-13)15(20)18-10-17(3,16(21)22)12-7-5-4-6-8-12/h4-9,11H,10H2,1-3H3,(H,18,20)(H,21,22). The molecular formula is C17H20N2O4. The molecule has 6 heteroatoms. The summed E-state index contributed by atoms with van der Waals surface area (Å²) >= 11 is 0. The highest BCUT2D eigenvalue weighted by atomic mass is 16.5. The molecule has 1 atom stereocenters. The first kappa shape index (κ1) is 16.7. The lowest BCUT2D eigenvalue weighted by atomic mass is 9.82. The highest BCUT2D eigenvalue weighted by molar-refractivity contribution is 5.92. The van der Waals surface area contributed by atoms with Crippen LogP contribution in [0.5, 0.6) is 0 Å². The van der Waals surface area contributed by atoms with Crippen LogP contribution in [0.25, 0.3) is 0 Å². The van der Waals surface area contributed by atoms with E-state index in [1.54, 1.807) is 37.3 Å². The average Bonchev–Trinajstić information content (AvgIpc) is 3.03. The number of aromatic nitrogens is 1. The van der Waals surface area contributed by atoms with E-state index in [9.17, 15) is 14.7 Å². The van der Waals surface area contributed by atoms with Crippen LogP contribution in [0, 0.1) is 0 Å². The fourth-order valence-electron chi connectivity index (χ4n) is 2.12. The van der Waals surface area contributed by atoms with E-state index >= 15 is 0 Å². The number of benzene rings is 1. The first-order valence-electron chi connectivity index (χ1n) is 7.38. The van der Waals surface area contributed by atoms with Crippen molar-refractivity contribution in [2.45, 2.75) is 32.1 Å². The Kier molecular flexibility index (Phi) is 4.83. The van der Waals surface area contributed by atoms with Gasteiger partial charge in [-0.25, -0.2) is 0 Å². The number of hydrogen-bond donors (Lipinski definition) is 2. The molecule has 1 aromatic carbocycles. The maximum atomic E-state index is 12.1. The molecule has 2 rings (SSSR count). The Morgan fingerprint density at radius 2 is 1.96 bits per heavy atom. The van der Waals surface area contributed by atoms with E-state index in [1.807, 2.05) is 19.9 Å². The van der Waals surface area contributed by atoms with Gasteiger partial charge in [-0.1, -0.05) is 49.3 Å². The van der Waals surface area contributed by atoms with Crippen molar-refractivity contribution in [3.05, 3.63) is 53.4 Å². The molecule has 1 unspecified atom stereocenters. The number of carbonyl (C=O) groups is 2. The molecule has 0 aliphatic carbocycles. The number of hydrogen-bond acceptors (Lipinski definition) is 4. The number of nitrogens with one attached hydrogen (secondary N) is 1. The molecule has 2 aromatic rings. The van der Waals surface area contributed by atoms with Crippen molar-refractivity contribution in [1.82, 2.24) is 10.5 Å². The van der Waals surface area contributed by atoms with Crippen LogP contribution in [0.3, 0.4) is 0 Å². The van der Waals surface area contributed by atoms with Crippen LogP contribution in [0.2, 0.25) is 0 Å². The summed E-state index contributed by atoms with van der Waals surface area (Å²) in [5.41, 5.74) is 0.0742. The van der Waals surface area contributed by atoms with E-state index in [-0.39, 0.29) is 18.2 Å². The third kappa shape index (κ3) is 3.59. The van der Waals surface area contributed by atoms with E-state index in [4.69, 9.17) is 4.52 Å². The monoisotopic (exact) mass is 316 g/mol. The Morgan fingerprint density at radius 1 is 1.30 bits per heavy atom. The Labute approximate surface area is 134 Å². The molecule has 0 fully saturated rings. The fraction of sp³-hybridized carbons (Fsp3) is 0.353. The number of rotatable bonds is 6. The molecule has 1 aromatic heterocycles. The van der Waals surface area contributed by atoms with Crippen molar-refractivity contribution in [2.24, 2.45) is 0 Å². The summed E-state index contributed by atoms with van der Waals surface area (Å²) < 4.78 is 5.01. The SMILES string of the molecule is CC(C)c1cc(C(=O)NCC(C)(C(=O)O)c2ccccc2)on1. The minimum absolute atomic E-state index is 0.0527. The lowest BCUT2D eigenvalue weighted by molar-refractivity contribution is -0.142. The van der Waals surface area contributed by atoms with Gasteiger partial charge in [-0.3, -0.25) is 9.59 Å². The van der Waals surface area contributed by atoms with E-state index in [0.717, 1.165) is 0 Å². The van der Waals surface area contributed by atoms with Crippen molar-refractivity contribution >= 4 is 11.9 Å². The molecule has 0 aliphatic heterocycles. The Morgan fingerprint density at radius 3 is 2.48 bits per heavy atom. The Hall–Kier alpha value is -2.63. The second kappa shape index (κ2) is 6.64. The summed E-state index contributed by atoms with van der Waals surface area (Å²) in [6, 6.07) is 10.4. The van der Waals surface area contributed by atoms with Gasteiger partial charge in [0.1, 0.15) is 5.41 Å². The van der Waals surface area contributed by atoms with Gasteiger partial charge in [-0.2, -0.15) is 0 Å². The summed E-state index contributed by atoms with van der Waals surface area (Å²) in [5.74, 6) is -1.26. The number of carboxylic acids is 1. The van der Waals surface area contributed by atoms with Gasteiger partial charge in [-0.05, 0) is 18.4 Å². The second-order valence-corrected chi connectivity index (χ2v) is 5.96. The highest BCUT2D eigenvalue weighted by Gasteiger charge is 2.35. The Bertz CT molecular complexity index is 694. The van der Waals surface area contributed by atoms with Gasteiger partial charge >= 0.3 is 5.97 Å². The highest BCUT2D eigenvalue weighted by Crippen LogP contribution is 2.23. The number of carbonyl (C=O) groups excluding carboxylic acids is 1. The molecule has 6 nitrogen and oxygen atoms in total. The maximum Gasteiger partial charge on any atom is 0.315 e. The van der Waals surface area contributed by atoms with Gasteiger partial charge in [0.2, 0.25) is 5.76 Å². The van der Waals surface area contributed by atoms with Crippen LogP contribution in [0.1, 0.15) is 48.5 Å². The third-order valence-corrected chi connectivity index (χ3v) is 3.83. The van der Waals surface area contributed by atoms with Gasteiger partial charge < -0.3 is 14.9 Å². The van der Waals surface area contributed by atoms with Crippen molar-refractivity contribution < 1.29 is 19.2 Å². The molecule has 23 heavy (non-hydrogen) atoms. The molecule has 1 amide bonds. The minimum atomic E-state index is -1.22. The predicted octanol–water partition coefficient (Wildman–Crippen LogP) is 2.57. The topological polar surface area (TPSA) is 92.4 Å². The number of nitrogens with zero attached hydrogens (tertiary/aromatic N) is 1. The molecule has 0 bridgehead atoms. The van der Waals surface area contributed by atoms with Crippen LogP contribution in [0.4, 0.5) is 0 Å². The molecular weight excluding hydrogens is 296 g/mol. The Balaban J connectivity index is 2.12. The fourth-order valence-corrected chi connectivity index (χ4v) is 2.12. The normalized spacial score (nSPS) is 13.6. The molecule has 0 saturated heterocycles. The van der Waals surface area contributed by atoms with Crippen LogP contribution in [0.15, 0.2) is 40.9 Å². The molecule has 0 aliphatic rings. The third-order valence-electron chi connectivity index (χ3n) is 3.83. The zero-order valence-electron chi connectivity index (χ0n) is 13.4. The molecule has 0 spiro atoms. The summed E-state index contributed by atoms with van der Waals surface area (Å²) in [4.78, 5) is 23.8. The second-order valence-electron chi connectivity index (χ2n) is 5.96. The summed E-state index contributed by atoms with van der Waals surface area (Å²) in [6.07, 6.45) is 0. The van der Waals surface area contributed by atoms with Gasteiger partial charge in [0.15, 0.2) is 0 Å². The summed E-state index contributed by atoms with van der Waals surface area (Å²) in [6.45, 7) is 5.40. The quantitative estimate of drug-likeness (QED) is 0.854. The zero-order valence-corrected chi connectivity index (χ0v) is 13.4. The predicted molar refractivity (Wildman–Crippen MR) is 84.4 cm³/mol. The largest absolute Gasteiger partial charge is 0.481 e. The van der Waals surface area contributed by atoms with Crippen LogP contribution >= 0.6 is 0 Å². The first-order valence-corrected chi connectivity index (χ1v) is 7.38. The van der Waals surface area contributed by atoms with Crippen molar-refractivity contribution in [1.29, 1.82) is 0 Å². The van der Waals surface area contributed by atoms with Crippen LogP contribution in [-0.4, -0.2) is 28.7 Å². The smallest absolute Gasteiger partial charge is 0.315 e. The van der Waals surface area contributed by atoms with Crippen molar-refractivity contribution in [3.63, 3.8) is 0 Å². The first-order chi connectivity index (χ1) is 10.8. The van der Waals surface area contributed by atoms with E-state index in [0.29, 0.717) is 11.3 Å². The minimum Gasteiger partial charge on any atom is -0.481 e. The molecule has 2 N–H and O–H groups in total. The molecule has 0 saturated carbocycles.